The zero-order valence-corrected chi connectivity index (χ0v) is 65.5. The van der Waals surface area contributed by atoms with Crippen LogP contribution in [-0.4, -0.2) is 206 Å². The Labute approximate surface area is 692 Å². The van der Waals surface area contributed by atoms with Crippen molar-refractivity contribution in [1.29, 1.82) is 0 Å². The van der Waals surface area contributed by atoms with Gasteiger partial charge in [0.2, 0.25) is 29.7 Å². The molecule has 0 saturated heterocycles. The van der Waals surface area contributed by atoms with Crippen molar-refractivity contribution < 1.29 is 93.2 Å². The normalized spacial score (nSPS) is 11.6. The summed E-state index contributed by atoms with van der Waals surface area (Å²) >= 11 is 0. The molecule has 48 nitrogen and oxygen atoms in total. The lowest BCUT2D eigenvalue weighted by atomic mass is 9.94. The van der Waals surface area contributed by atoms with Gasteiger partial charge in [0.15, 0.2) is 68.3 Å². The van der Waals surface area contributed by atoms with E-state index in [1.807, 2.05) is 21.7 Å². The van der Waals surface area contributed by atoms with Gasteiger partial charge in [0.05, 0.1) is 99.0 Å². The van der Waals surface area contributed by atoms with Gasteiger partial charge in [0.25, 0.3) is 0 Å². The first-order chi connectivity index (χ1) is 58.4. The zero-order chi connectivity index (χ0) is 89.5. The maximum Gasteiger partial charge on any atom is 0.434 e. The molecule has 11 rings (SSSR count). The molecule has 0 fully saturated rings. The molecular formula is C75H79N27O21. The summed E-state index contributed by atoms with van der Waals surface area (Å²) in [4.78, 5) is 213. The molecule has 3 aromatic carbocycles. The average Bonchev–Trinajstić information content (AvgIpc) is 1.16. The molecule has 3 unspecified atom stereocenters. The number of nitrogens with two attached hydrogens (primary N) is 4. The van der Waals surface area contributed by atoms with E-state index in [1.54, 1.807) is 93.1 Å². The third-order valence-corrected chi connectivity index (χ3v) is 18.4. The van der Waals surface area contributed by atoms with Gasteiger partial charge in [-0.3, -0.25) is 58.1 Å². The Hall–Kier alpha value is -16.5. The highest BCUT2D eigenvalue weighted by Crippen LogP contribution is 2.28. The van der Waals surface area contributed by atoms with Crippen molar-refractivity contribution in [2.24, 2.45) is 17.8 Å². The van der Waals surface area contributed by atoms with E-state index < -0.39 is 86.8 Å². The number of aliphatic carboxylic acids is 6. The second-order valence-electron chi connectivity index (χ2n) is 27.4. The van der Waals surface area contributed by atoms with Gasteiger partial charge < -0.3 is 93.8 Å². The molecular weight excluding hydrogens is 1610 g/mol. The number of nitro groups is 2. The summed E-state index contributed by atoms with van der Waals surface area (Å²) in [5, 5.41) is 81.5. The lowest BCUT2D eigenvalue weighted by molar-refractivity contribution is -0.396. The number of ketones is 3. The molecule has 0 aliphatic heterocycles. The summed E-state index contributed by atoms with van der Waals surface area (Å²) in [7, 11) is 5.39. The number of rotatable bonds is 40. The summed E-state index contributed by atoms with van der Waals surface area (Å²) in [6, 6.07) is 19.6. The second kappa shape index (κ2) is 41.6. The number of anilines is 9. The predicted molar refractivity (Wildman–Crippen MR) is 434 cm³/mol. The number of imidazole rings is 2. The fraction of sp³-hybridized carbons (Fsp3) is 0.293. The van der Waals surface area contributed by atoms with Crippen LogP contribution in [-0.2, 0) is 71.1 Å². The van der Waals surface area contributed by atoms with Gasteiger partial charge in [-0.25, -0.2) is 39.0 Å². The van der Waals surface area contributed by atoms with Crippen molar-refractivity contribution in [3.05, 3.63) is 170 Å². The number of carbonyl (C=O) groups excluding carboxylic acids is 5. The van der Waals surface area contributed by atoms with E-state index >= 15 is 0 Å². The fourth-order valence-electron chi connectivity index (χ4n) is 12.0. The molecule has 8 heterocycles. The van der Waals surface area contributed by atoms with E-state index in [9.17, 15) is 88.3 Å². The van der Waals surface area contributed by atoms with Crippen molar-refractivity contribution in [3.8, 4) is 0 Å². The van der Waals surface area contributed by atoms with E-state index in [1.165, 1.54) is 46.3 Å². The average molecular weight is 1690 g/mol. The van der Waals surface area contributed by atoms with Crippen molar-refractivity contribution in [2.75, 3.05) is 69.4 Å². The Morgan fingerprint density at radius 2 is 0.740 bits per heavy atom. The van der Waals surface area contributed by atoms with E-state index in [0.29, 0.717) is 51.6 Å². The minimum absolute atomic E-state index is 0.00236. The number of nitrogen functional groups attached to an aromatic ring is 4. The number of carbonyl (C=O) groups is 11. The van der Waals surface area contributed by atoms with Crippen LogP contribution in [0.2, 0.25) is 0 Å². The summed E-state index contributed by atoms with van der Waals surface area (Å²) in [5.74, 6) is -13.3. The van der Waals surface area contributed by atoms with Crippen molar-refractivity contribution in [2.45, 2.75) is 103 Å². The van der Waals surface area contributed by atoms with Crippen molar-refractivity contribution in [1.82, 2.24) is 78.9 Å². The largest absolute Gasteiger partial charge is 0.481 e. The highest BCUT2D eigenvalue weighted by molar-refractivity contribution is 6.01. The van der Waals surface area contributed by atoms with Gasteiger partial charge >= 0.3 is 47.7 Å². The van der Waals surface area contributed by atoms with Crippen LogP contribution in [0.5, 0.6) is 0 Å². The first kappa shape index (κ1) is 90.4. The lowest BCUT2D eigenvalue weighted by Gasteiger charge is -2.19. The minimum Gasteiger partial charge on any atom is -0.481 e. The Kier molecular flexibility index (Phi) is 30.6. The third-order valence-electron chi connectivity index (χ3n) is 18.4. The zero-order valence-electron chi connectivity index (χ0n) is 65.5. The first-order valence-corrected chi connectivity index (χ1v) is 36.9. The van der Waals surface area contributed by atoms with Crippen LogP contribution in [0.3, 0.4) is 0 Å². The number of fused-ring (bicyclic) bond motifs is 3. The fourth-order valence-corrected chi connectivity index (χ4v) is 12.0. The number of hydrogen-bond acceptors (Lipinski definition) is 36. The molecule has 8 aromatic heterocycles. The van der Waals surface area contributed by atoms with Gasteiger partial charge in [-0.1, -0.05) is 9.97 Å². The molecule has 2 amide bonds. The Morgan fingerprint density at radius 1 is 0.415 bits per heavy atom. The number of aromatic nitrogens is 16. The van der Waals surface area contributed by atoms with Crippen molar-refractivity contribution >= 4 is 163 Å². The van der Waals surface area contributed by atoms with Crippen molar-refractivity contribution in [3.63, 3.8) is 0 Å². The number of nitrogens with zero attached hydrogens (tertiary/aromatic N) is 21. The second-order valence-corrected chi connectivity index (χ2v) is 27.4. The molecule has 0 aliphatic carbocycles. The Morgan fingerprint density at radius 3 is 1.09 bits per heavy atom. The number of hydrogen-bond donors (Lipinski definition) is 12. The molecule has 11 aromatic rings. The summed E-state index contributed by atoms with van der Waals surface area (Å²) < 4.78 is 2.47. The van der Waals surface area contributed by atoms with E-state index in [2.05, 4.69) is 80.4 Å². The number of carboxylic acid groups (broad SMARTS) is 6. The van der Waals surface area contributed by atoms with Crippen LogP contribution in [0.15, 0.2) is 116 Å². The lowest BCUT2D eigenvalue weighted by Crippen LogP contribution is -2.20. The summed E-state index contributed by atoms with van der Waals surface area (Å²) in [5.41, 5.74) is 29.4. The molecule has 0 aliphatic rings. The van der Waals surface area contributed by atoms with E-state index in [-0.39, 0.29) is 178 Å². The van der Waals surface area contributed by atoms with Gasteiger partial charge in [-0.15, -0.1) is 0 Å². The molecule has 0 spiro atoms. The van der Waals surface area contributed by atoms with E-state index in [0.717, 1.165) is 11.4 Å². The van der Waals surface area contributed by atoms with Crippen LogP contribution >= 0.6 is 0 Å². The highest BCUT2D eigenvalue weighted by Gasteiger charge is 2.28. The van der Waals surface area contributed by atoms with E-state index in [4.69, 9.17) is 38.3 Å². The van der Waals surface area contributed by atoms with Crippen LogP contribution < -0.4 is 48.3 Å². The van der Waals surface area contributed by atoms with Crippen LogP contribution in [0.1, 0.15) is 119 Å². The topological polar surface area (TPSA) is 724 Å². The Balaban J connectivity index is 0.000000212. The number of aryl methyl sites for hydroxylation is 2. The number of nitrogens with one attached hydrogen (secondary N) is 2. The third kappa shape index (κ3) is 25.8. The maximum atomic E-state index is 12.7. The SMILES string of the molecule is CN(Cc1cnc2nc(N)nc(N)c2n1)c1ccc(C(=O)CC(CCC(=O)O)C(=O)O)cc1.CN(Cc1cnc2nc(N)nc(NC(=O)CCn3ccnc3[N+](=O)[O-])c2n1)c1ccc(C(=O)CC(CCC(=O)O)C(=O)O)cc1.CN(Cc1cnc2nc(NC(=O)CCn3ccnc3[N+](=O)[O-])nc(N)c2n1)c1ccc(C(=O)CC(CCC(=O)O)C(=O)O)cc1. The van der Waals surface area contributed by atoms with Crippen LogP contribution in [0.4, 0.5) is 64.3 Å². The standard InChI is InChI=1S/2C27H28N10O8.C21H23N7O5/c1-35(18-5-2-15(3-6-18)19(38)12-16(25(42)43)4-7-21(40)41)14-17-13-30-23-22(31-17)24(34-26(28)33-23)32-20(39)8-10-36-11-9-29-27(36)37(44)45;1-35(18-5-2-15(3-6-18)19(38)12-16(25(42)43)4-7-21(40)41)14-17-13-30-24-22(31-17)23(28)33-26(34-24)32-20(39)8-10-36-11-9-29-27(36)37(44)45;1-28(10-13-9-24-19-17(25-13)18(22)26-21(23)27-19)14-5-2-11(3-6-14)15(29)8-12(20(32)33)4-7-16(30)31/h2*2-3,5-6,9,11,13,16H,4,7-8,10,12,14H2,1H3,(H,40,41)(H,42,43)(H3,28,30,32,33,34,39);2-3,5-6,9,12H,4,7-8,10H2,1H3,(H,30,31)(H,32,33)(H4,22,23,24,26,27). The van der Waals surface area contributed by atoms with Gasteiger partial charge in [0, 0.05) is 93.4 Å². The van der Waals surface area contributed by atoms with Crippen LogP contribution in [0.25, 0.3) is 33.5 Å². The first-order valence-electron chi connectivity index (χ1n) is 36.9. The molecule has 3 atom stereocenters. The quantitative estimate of drug-likeness (QED) is 0.0134. The number of benzene rings is 3. The molecule has 48 heteroatoms. The molecule has 16 N–H and O–H groups in total. The monoisotopic (exact) mass is 1690 g/mol. The summed E-state index contributed by atoms with van der Waals surface area (Å²) in [6.45, 7) is 0.925. The molecule has 0 bridgehead atoms. The van der Waals surface area contributed by atoms with Gasteiger partial charge in [-0.2, -0.15) is 29.9 Å². The predicted octanol–water partition coefficient (Wildman–Crippen LogP) is 5.18. The molecule has 640 valence electrons. The number of amides is 2. The minimum atomic E-state index is -1.23. The van der Waals surface area contributed by atoms with Gasteiger partial charge in [-0.05, 0) is 102 Å². The molecule has 0 radical (unpaired) electrons. The smallest absolute Gasteiger partial charge is 0.434 e. The van der Waals surface area contributed by atoms with Gasteiger partial charge in [0.1, 0.15) is 24.8 Å². The maximum absolute atomic E-state index is 12.7. The molecule has 0 saturated carbocycles. The molecule has 123 heavy (non-hydrogen) atoms. The van der Waals surface area contributed by atoms with Crippen LogP contribution in [0, 0.1) is 38.0 Å². The number of Topliss-reactive ketones (excluding diaryl/α,β-unsaturated/α-hetero) is 3. The number of carboxylic acids is 6. The Bertz CT molecular complexity index is 5810. The highest BCUT2D eigenvalue weighted by atomic mass is 16.6. The summed E-state index contributed by atoms with van der Waals surface area (Å²) in [6.07, 6.45) is 7.31.